The molecule has 0 spiro atoms. The Hall–Kier alpha value is -6.19. The Morgan fingerprint density at radius 1 is 1.08 bits per heavy atom. The number of esters is 1. The van der Waals surface area contributed by atoms with Crippen molar-refractivity contribution in [3.63, 3.8) is 0 Å². The monoisotopic (exact) mass is 1130 g/mol. The molecule has 2 aromatic rings. The molecule has 1 aromatic heterocycles. The minimum atomic E-state index is -1.88. The number of primary amides is 1. The molecule has 25 nitrogen and oxygen atoms in total. The largest absolute Gasteiger partial charge is 0.495 e. The molecule has 6 amide bonds. The number of carbonyl (C=O) groups is 7. The van der Waals surface area contributed by atoms with Crippen molar-refractivity contribution in [2.24, 2.45) is 11.7 Å². The first-order valence-electron chi connectivity index (χ1n) is 26.2. The third kappa shape index (κ3) is 17.9. The number of allylic oxidation sites excluding steroid dienone is 3. The van der Waals surface area contributed by atoms with E-state index in [1.807, 2.05) is 31.3 Å². The molecular formula is C53H79ClN10O15. The van der Waals surface area contributed by atoms with Crippen LogP contribution in [0.4, 0.5) is 10.5 Å². The Morgan fingerprint density at radius 3 is 2.48 bits per heavy atom. The van der Waals surface area contributed by atoms with Crippen molar-refractivity contribution in [2.75, 3.05) is 80.3 Å². The van der Waals surface area contributed by atoms with Crippen molar-refractivity contribution in [1.82, 2.24) is 40.8 Å². The van der Waals surface area contributed by atoms with Gasteiger partial charge in [0.05, 0.1) is 76.7 Å². The van der Waals surface area contributed by atoms with Gasteiger partial charge in [-0.05, 0) is 58.4 Å². The Labute approximate surface area is 466 Å². The van der Waals surface area contributed by atoms with Crippen LogP contribution >= 0.6 is 11.6 Å². The summed E-state index contributed by atoms with van der Waals surface area (Å²) in [5.41, 5.74) is 7.94. The average Bonchev–Trinajstić information content (AvgIpc) is 3.82. The standard InChI is InChI=1S/C53H79ClN10O15/c1-32-12-11-13-41(74-10)53(72)28-40(77-51(71)60-53)33(2)48-52(4,79-48)42(27-46(68)63(8)38-25-35(24-32)26-39(73-9)47(38)54)78-50(70)34(3)62(7)45(67)17-20-75-22-23-76-21-18-57-49(69)37(14-15-43(55)65)59-44(66)16-19-64-30-36(58-31-64)29-61(6)56-5/h11-13,25-26,30-31,33-34,37,40-42,48,56,72H,14-24,27-29H2,1-10H3,(H2,55,65)(H,57,69)(H,59,66)(H,60,71)/b13-11+,32-12+/t33-,34+,37+,40+,41-,42+,48?,52+,53+/m1/s1. The smallest absolute Gasteiger partial charge is 0.409 e. The lowest BCUT2D eigenvalue weighted by Gasteiger charge is -2.42. The van der Waals surface area contributed by atoms with E-state index in [1.54, 1.807) is 63.1 Å². The van der Waals surface area contributed by atoms with Gasteiger partial charge in [-0.15, -0.1) is 0 Å². The molecule has 1 unspecified atom stereocenters. The lowest BCUT2D eigenvalue weighted by molar-refractivity contribution is -0.162. The summed E-state index contributed by atoms with van der Waals surface area (Å²) in [4.78, 5) is 99.0. The number of nitrogens with two attached hydrogens (primary N) is 1. The zero-order chi connectivity index (χ0) is 58.2. The van der Waals surface area contributed by atoms with Gasteiger partial charge in [-0.1, -0.05) is 42.3 Å². The summed E-state index contributed by atoms with van der Waals surface area (Å²) >= 11 is 6.81. The molecule has 3 aliphatic heterocycles. The first-order valence-corrected chi connectivity index (χ1v) is 26.6. The Bertz CT molecular complexity index is 2530. The van der Waals surface area contributed by atoms with Crippen molar-refractivity contribution < 1.29 is 71.8 Å². The van der Waals surface area contributed by atoms with Crippen LogP contribution in [0.25, 0.3) is 0 Å². The molecule has 5 rings (SSSR count). The summed E-state index contributed by atoms with van der Waals surface area (Å²) in [6.07, 6.45) is 3.70. The molecule has 2 saturated heterocycles. The second kappa shape index (κ2) is 29.3. The highest BCUT2D eigenvalue weighted by Crippen LogP contribution is 2.49. The van der Waals surface area contributed by atoms with Crippen LogP contribution in [-0.2, 0) is 76.7 Å². The number of methoxy groups -OCH3 is 2. The molecule has 4 heterocycles. The number of epoxide rings is 1. The maximum atomic E-state index is 14.3. The maximum absolute atomic E-state index is 14.3. The number of hydrogen-bond acceptors (Lipinski definition) is 18. The van der Waals surface area contributed by atoms with Gasteiger partial charge >= 0.3 is 12.1 Å². The third-order valence-electron chi connectivity index (χ3n) is 14.3. The lowest BCUT2D eigenvalue weighted by atomic mass is 9.83. The molecule has 0 radical (unpaired) electrons. The Balaban J connectivity index is 1.14. The zero-order valence-corrected chi connectivity index (χ0v) is 47.6. The number of alkyl carbamates (subject to hydrolysis) is 1. The van der Waals surface area contributed by atoms with Gasteiger partial charge < -0.3 is 69.0 Å². The van der Waals surface area contributed by atoms with E-state index in [9.17, 15) is 38.7 Å². The van der Waals surface area contributed by atoms with Gasteiger partial charge in [-0.2, -0.15) is 0 Å². The summed E-state index contributed by atoms with van der Waals surface area (Å²) < 4.78 is 42.4. The summed E-state index contributed by atoms with van der Waals surface area (Å²) in [5, 5.41) is 21.8. The SMILES string of the molecule is CNN(C)Cc1cn(CCC(=O)N[C@@H](CCC(N)=O)C(=O)NCCOCCOCCC(=O)N(C)[C@@H](C)C(=O)O[C@H]2CC(=O)N(C)c3cc(cc(OC)c3Cl)C/C(C)=C/C=C/[C@@H](OC)[C@@]3(O)C[C@H](OC(=O)N3)[C@@H](C)C3O[C@]32C)cn1. The molecule has 7 N–H and O–H groups in total. The summed E-state index contributed by atoms with van der Waals surface area (Å²) in [7, 11) is 9.53. The summed E-state index contributed by atoms with van der Waals surface area (Å²) in [5.74, 6) is -3.53. The van der Waals surface area contributed by atoms with E-state index in [0.29, 0.717) is 30.9 Å². The fourth-order valence-electron chi connectivity index (χ4n) is 9.23. The van der Waals surface area contributed by atoms with Crippen LogP contribution in [0.15, 0.2) is 48.5 Å². The molecule has 0 aliphatic carbocycles. The highest BCUT2D eigenvalue weighted by molar-refractivity contribution is 6.35. The van der Waals surface area contributed by atoms with E-state index in [-0.39, 0.29) is 82.4 Å². The molecule has 2 fully saturated rings. The van der Waals surface area contributed by atoms with E-state index in [0.717, 1.165) is 16.8 Å². The number of aliphatic hydroxyl groups is 1. The summed E-state index contributed by atoms with van der Waals surface area (Å²) in [6.45, 7) is 8.13. The maximum Gasteiger partial charge on any atom is 0.409 e. The fourth-order valence-corrected chi connectivity index (χ4v) is 9.54. The number of nitrogens with one attached hydrogen (secondary N) is 4. The van der Waals surface area contributed by atoms with Crippen LogP contribution in [0.2, 0.25) is 5.02 Å². The van der Waals surface area contributed by atoms with E-state index in [1.165, 1.54) is 38.0 Å². The van der Waals surface area contributed by atoms with Gasteiger partial charge in [0, 0.05) is 72.7 Å². The average molecular weight is 1130 g/mol. The number of carbonyl (C=O) groups excluding carboxylic acids is 7. The molecule has 4 bridgehead atoms. The van der Waals surface area contributed by atoms with E-state index < -0.39 is 89.4 Å². The number of aryl methyl sites for hydroxylation is 1. The van der Waals surface area contributed by atoms with Crippen molar-refractivity contribution in [3.05, 3.63) is 64.7 Å². The highest BCUT2D eigenvalue weighted by atomic mass is 35.5. The Morgan fingerprint density at radius 2 is 1.80 bits per heavy atom. The highest BCUT2D eigenvalue weighted by Gasteiger charge is 2.64. The second-order valence-electron chi connectivity index (χ2n) is 20.2. The number of imidazole rings is 1. The molecule has 3 aliphatic rings. The predicted molar refractivity (Wildman–Crippen MR) is 288 cm³/mol. The molecule has 1 aromatic carbocycles. The molecule has 26 heteroatoms. The zero-order valence-electron chi connectivity index (χ0n) is 46.8. The molecule has 0 saturated carbocycles. The van der Waals surface area contributed by atoms with Crippen LogP contribution in [0.1, 0.15) is 77.5 Å². The first-order chi connectivity index (χ1) is 37.4. The number of amides is 6. The topological polar surface area (TPSA) is 309 Å². The number of ether oxygens (including phenoxy) is 7. The van der Waals surface area contributed by atoms with Gasteiger partial charge in [-0.3, -0.25) is 34.7 Å². The first kappa shape index (κ1) is 63.6. The molecule has 79 heavy (non-hydrogen) atoms. The third-order valence-corrected chi connectivity index (χ3v) is 14.7. The number of aromatic nitrogens is 2. The van der Waals surface area contributed by atoms with Crippen molar-refractivity contribution in [3.8, 4) is 5.75 Å². The summed E-state index contributed by atoms with van der Waals surface area (Å²) in [6, 6.07) is 1.41. The normalized spacial score (nSPS) is 25.1. The van der Waals surface area contributed by atoms with Crippen molar-refractivity contribution in [1.29, 1.82) is 0 Å². The number of anilines is 1. The van der Waals surface area contributed by atoms with Gasteiger partial charge in [0.15, 0.2) is 5.72 Å². The van der Waals surface area contributed by atoms with Crippen molar-refractivity contribution in [2.45, 2.75) is 134 Å². The quantitative estimate of drug-likeness (QED) is 0.0356. The van der Waals surface area contributed by atoms with E-state index in [2.05, 4.69) is 26.4 Å². The van der Waals surface area contributed by atoms with Crippen LogP contribution in [0.3, 0.4) is 0 Å². The molecular weight excluding hydrogens is 1050 g/mol. The molecule has 9 atom stereocenters. The fraction of sp³-hybridized carbons (Fsp3) is 0.623. The van der Waals surface area contributed by atoms with Crippen LogP contribution in [0, 0.1) is 5.92 Å². The van der Waals surface area contributed by atoms with E-state index in [4.69, 9.17) is 50.5 Å². The van der Waals surface area contributed by atoms with Crippen molar-refractivity contribution >= 4 is 58.9 Å². The Kier molecular flexibility index (Phi) is 23.6. The van der Waals surface area contributed by atoms with Gasteiger partial charge in [0.25, 0.3) is 0 Å². The minimum Gasteiger partial charge on any atom is -0.495 e. The van der Waals surface area contributed by atoms with E-state index >= 15 is 0 Å². The molecule has 438 valence electrons. The number of likely N-dealkylation sites (N-methyl/N-ethyl adjacent to an activating group) is 1. The second-order valence-corrected chi connectivity index (χ2v) is 20.6. The number of halogens is 1. The number of rotatable bonds is 25. The number of fused-ring (bicyclic) bond motifs is 5. The predicted octanol–water partition coefficient (Wildman–Crippen LogP) is 1.66. The number of hydrogen-bond donors (Lipinski definition) is 6. The lowest BCUT2D eigenvalue weighted by Crippen LogP contribution is -2.63. The van der Waals surface area contributed by atoms with Crippen LogP contribution < -0.4 is 36.7 Å². The number of benzene rings is 1. The van der Waals surface area contributed by atoms with Crippen LogP contribution in [0.5, 0.6) is 5.75 Å². The minimum absolute atomic E-state index is 0.0114. The van der Waals surface area contributed by atoms with Crippen LogP contribution in [-0.4, -0.2) is 189 Å². The van der Waals surface area contributed by atoms with Gasteiger partial charge in [0.2, 0.25) is 29.5 Å². The number of nitrogens with zero attached hydrogens (tertiary/aromatic N) is 5. The van der Waals surface area contributed by atoms with Gasteiger partial charge in [-0.25, -0.2) is 19.6 Å². The van der Waals surface area contributed by atoms with Gasteiger partial charge in [0.1, 0.15) is 46.8 Å². The number of hydrazine groups is 1.